The fourth-order valence-corrected chi connectivity index (χ4v) is 3.15. The molecule has 7 heteroatoms. The summed E-state index contributed by atoms with van der Waals surface area (Å²) in [6, 6.07) is 0. The van der Waals surface area contributed by atoms with Crippen LogP contribution in [0.2, 0.25) is 0 Å². The first-order chi connectivity index (χ1) is 13.0. The molecule has 1 aliphatic carbocycles. The molecular weight excluding hydrogens is 352 g/mol. The molecule has 0 aromatic carbocycles. The molecule has 1 fully saturated rings. The molecule has 0 aromatic heterocycles. The highest BCUT2D eigenvalue weighted by atomic mass is 16.6. The topological polar surface area (TPSA) is 94.5 Å². The number of hydrogen-bond acceptors (Lipinski definition) is 7. The SMILES string of the molecule is CCCCOC1C(O)C(OC(C)=O)C(O)C(OCCCC)C1OCCCC. The summed E-state index contributed by atoms with van der Waals surface area (Å²) in [5.41, 5.74) is 0. The Morgan fingerprint density at radius 1 is 0.704 bits per heavy atom. The van der Waals surface area contributed by atoms with E-state index in [1.807, 2.05) is 0 Å². The Balaban J connectivity index is 3.01. The van der Waals surface area contributed by atoms with Crippen LogP contribution in [0.1, 0.15) is 66.2 Å². The van der Waals surface area contributed by atoms with Crippen LogP contribution in [-0.4, -0.2) is 72.6 Å². The number of aliphatic hydroxyl groups excluding tert-OH is 2. The predicted molar refractivity (Wildman–Crippen MR) is 102 cm³/mol. The molecule has 4 unspecified atom stereocenters. The van der Waals surface area contributed by atoms with E-state index in [1.54, 1.807) is 0 Å². The minimum atomic E-state index is -1.18. The molecule has 1 rings (SSSR count). The van der Waals surface area contributed by atoms with Crippen molar-refractivity contribution in [3.8, 4) is 0 Å². The maximum atomic E-state index is 11.5. The zero-order valence-corrected chi connectivity index (χ0v) is 17.3. The molecule has 7 nitrogen and oxygen atoms in total. The van der Waals surface area contributed by atoms with Gasteiger partial charge < -0.3 is 29.2 Å². The first-order valence-electron chi connectivity index (χ1n) is 10.4. The zero-order chi connectivity index (χ0) is 20.2. The van der Waals surface area contributed by atoms with Gasteiger partial charge in [0.15, 0.2) is 6.10 Å². The fraction of sp³-hybridized carbons (Fsp3) is 0.950. The highest BCUT2D eigenvalue weighted by Gasteiger charge is 2.53. The molecule has 0 saturated heterocycles. The molecule has 0 spiro atoms. The van der Waals surface area contributed by atoms with E-state index in [2.05, 4.69) is 20.8 Å². The van der Waals surface area contributed by atoms with Crippen LogP contribution >= 0.6 is 0 Å². The van der Waals surface area contributed by atoms with Gasteiger partial charge in [-0.3, -0.25) is 4.79 Å². The van der Waals surface area contributed by atoms with Crippen molar-refractivity contribution < 1.29 is 34.0 Å². The van der Waals surface area contributed by atoms with Gasteiger partial charge in [0, 0.05) is 26.7 Å². The predicted octanol–water partition coefficient (Wildman–Crippen LogP) is 2.21. The summed E-state index contributed by atoms with van der Waals surface area (Å²) in [5.74, 6) is -0.567. The van der Waals surface area contributed by atoms with Crippen molar-refractivity contribution in [2.75, 3.05) is 19.8 Å². The summed E-state index contributed by atoms with van der Waals surface area (Å²) < 4.78 is 23.0. The lowest BCUT2D eigenvalue weighted by Gasteiger charge is -2.46. The number of unbranched alkanes of at least 4 members (excludes halogenated alkanes) is 3. The van der Waals surface area contributed by atoms with E-state index in [-0.39, 0.29) is 0 Å². The lowest BCUT2D eigenvalue weighted by Crippen LogP contribution is -2.66. The maximum absolute atomic E-state index is 11.5. The Hall–Kier alpha value is -0.730. The third-order valence-electron chi connectivity index (χ3n) is 4.72. The van der Waals surface area contributed by atoms with Crippen LogP contribution in [0.25, 0.3) is 0 Å². The molecule has 1 aliphatic rings. The van der Waals surface area contributed by atoms with Crippen LogP contribution in [0.3, 0.4) is 0 Å². The van der Waals surface area contributed by atoms with Gasteiger partial charge in [-0.15, -0.1) is 0 Å². The van der Waals surface area contributed by atoms with Gasteiger partial charge in [-0.05, 0) is 19.3 Å². The van der Waals surface area contributed by atoms with Crippen molar-refractivity contribution >= 4 is 5.97 Å². The minimum absolute atomic E-state index is 0.455. The van der Waals surface area contributed by atoms with Crippen molar-refractivity contribution in [1.82, 2.24) is 0 Å². The van der Waals surface area contributed by atoms with Gasteiger partial charge in [-0.1, -0.05) is 40.0 Å². The van der Waals surface area contributed by atoms with Crippen LogP contribution < -0.4 is 0 Å². The highest BCUT2D eigenvalue weighted by Crippen LogP contribution is 2.31. The number of rotatable bonds is 13. The van der Waals surface area contributed by atoms with E-state index in [0.29, 0.717) is 19.8 Å². The minimum Gasteiger partial charge on any atom is -0.457 e. The van der Waals surface area contributed by atoms with Crippen LogP contribution in [0.4, 0.5) is 0 Å². The average molecular weight is 391 g/mol. The average Bonchev–Trinajstić information content (AvgIpc) is 2.63. The molecule has 4 atom stereocenters. The summed E-state index contributed by atoms with van der Waals surface area (Å²) in [6.45, 7) is 8.82. The summed E-state index contributed by atoms with van der Waals surface area (Å²) >= 11 is 0. The molecule has 0 heterocycles. The van der Waals surface area contributed by atoms with Crippen molar-refractivity contribution in [2.45, 2.75) is 103 Å². The first-order valence-corrected chi connectivity index (χ1v) is 10.4. The van der Waals surface area contributed by atoms with Gasteiger partial charge in [0.05, 0.1) is 0 Å². The van der Waals surface area contributed by atoms with Gasteiger partial charge in [-0.25, -0.2) is 0 Å². The largest absolute Gasteiger partial charge is 0.457 e. The van der Waals surface area contributed by atoms with Gasteiger partial charge in [0.25, 0.3) is 0 Å². The van der Waals surface area contributed by atoms with Crippen LogP contribution in [-0.2, 0) is 23.7 Å². The monoisotopic (exact) mass is 390 g/mol. The molecular formula is C20H38O7. The number of carbonyl (C=O) groups excluding carboxylic acids is 1. The van der Waals surface area contributed by atoms with E-state index in [0.717, 1.165) is 38.5 Å². The second-order valence-corrected chi connectivity index (χ2v) is 7.12. The molecule has 0 radical (unpaired) electrons. The summed E-state index contributed by atoms with van der Waals surface area (Å²) in [6.07, 6.45) is -0.130. The molecule has 0 bridgehead atoms. The van der Waals surface area contributed by atoms with E-state index < -0.39 is 42.6 Å². The number of esters is 1. The third kappa shape index (κ3) is 7.66. The fourth-order valence-electron chi connectivity index (χ4n) is 3.15. The summed E-state index contributed by atoms with van der Waals surface area (Å²) in [5, 5.41) is 21.5. The molecule has 0 aliphatic heterocycles. The van der Waals surface area contributed by atoms with Gasteiger partial charge in [0.2, 0.25) is 0 Å². The van der Waals surface area contributed by atoms with E-state index >= 15 is 0 Å². The number of aliphatic hydroxyl groups is 2. The van der Waals surface area contributed by atoms with Crippen molar-refractivity contribution in [1.29, 1.82) is 0 Å². The van der Waals surface area contributed by atoms with Crippen molar-refractivity contribution in [2.24, 2.45) is 0 Å². The quantitative estimate of drug-likeness (QED) is 0.368. The van der Waals surface area contributed by atoms with E-state index in [1.165, 1.54) is 6.92 Å². The standard InChI is InChI=1S/C20H38O7/c1-5-8-11-24-18-15(22)17(27-14(4)21)16(23)19(25-12-9-6-2)20(18)26-13-10-7-3/h15-20,22-23H,5-13H2,1-4H3. The second kappa shape index (κ2) is 13.4. The van der Waals surface area contributed by atoms with Crippen LogP contribution in [0.15, 0.2) is 0 Å². The molecule has 0 aromatic rings. The summed E-state index contributed by atoms with van der Waals surface area (Å²) in [7, 11) is 0. The Bertz CT molecular complexity index is 380. The van der Waals surface area contributed by atoms with E-state index in [4.69, 9.17) is 18.9 Å². The van der Waals surface area contributed by atoms with Gasteiger partial charge >= 0.3 is 5.97 Å². The smallest absolute Gasteiger partial charge is 0.303 e. The molecule has 27 heavy (non-hydrogen) atoms. The molecule has 0 amide bonds. The lowest BCUT2D eigenvalue weighted by atomic mass is 9.84. The molecule has 1 saturated carbocycles. The molecule has 2 N–H and O–H groups in total. The van der Waals surface area contributed by atoms with E-state index in [9.17, 15) is 15.0 Å². The Labute approximate surface area is 163 Å². The number of hydrogen-bond donors (Lipinski definition) is 2. The number of carbonyl (C=O) groups is 1. The second-order valence-electron chi connectivity index (χ2n) is 7.12. The van der Waals surface area contributed by atoms with Gasteiger partial charge in [0.1, 0.15) is 30.5 Å². The Kier molecular flexibility index (Phi) is 12.1. The molecule has 160 valence electrons. The van der Waals surface area contributed by atoms with Crippen molar-refractivity contribution in [3.63, 3.8) is 0 Å². The van der Waals surface area contributed by atoms with Crippen molar-refractivity contribution in [3.05, 3.63) is 0 Å². The zero-order valence-electron chi connectivity index (χ0n) is 17.3. The highest BCUT2D eigenvalue weighted by molar-refractivity contribution is 5.66. The van der Waals surface area contributed by atoms with Gasteiger partial charge in [-0.2, -0.15) is 0 Å². The normalized spacial score (nSPS) is 31.0. The first kappa shape index (κ1) is 24.3. The summed E-state index contributed by atoms with van der Waals surface area (Å²) in [4.78, 5) is 11.5. The maximum Gasteiger partial charge on any atom is 0.303 e. The third-order valence-corrected chi connectivity index (χ3v) is 4.72. The van der Waals surface area contributed by atoms with Crippen LogP contribution in [0.5, 0.6) is 0 Å². The Morgan fingerprint density at radius 3 is 1.41 bits per heavy atom. The Morgan fingerprint density at radius 2 is 1.07 bits per heavy atom. The lowest BCUT2D eigenvalue weighted by molar-refractivity contribution is -0.261. The number of ether oxygens (including phenoxy) is 4. The van der Waals surface area contributed by atoms with Crippen LogP contribution in [0, 0.1) is 0 Å².